The first-order valence-corrected chi connectivity index (χ1v) is 6.87. The van der Waals surface area contributed by atoms with Gasteiger partial charge < -0.3 is 10.0 Å². The maximum atomic E-state index is 9.75. The number of aryl methyl sites for hydroxylation is 2. The number of aliphatic hydroxyl groups is 1. The Morgan fingerprint density at radius 2 is 2.32 bits per heavy atom. The van der Waals surface area contributed by atoms with E-state index in [0.29, 0.717) is 0 Å². The zero-order valence-corrected chi connectivity index (χ0v) is 11.9. The average Bonchev–Trinajstić information content (AvgIpc) is 2.42. The monoisotopic (exact) mass is 261 g/mol. The zero-order valence-electron chi connectivity index (χ0n) is 11.9. The van der Waals surface area contributed by atoms with Gasteiger partial charge in [-0.05, 0) is 33.1 Å². The summed E-state index contributed by atoms with van der Waals surface area (Å²) >= 11 is 0. The van der Waals surface area contributed by atoms with Gasteiger partial charge in [0.15, 0.2) is 0 Å². The van der Waals surface area contributed by atoms with Crippen LogP contribution in [0.25, 0.3) is 0 Å². The second-order valence-corrected chi connectivity index (χ2v) is 5.60. The molecule has 0 aliphatic carbocycles. The van der Waals surface area contributed by atoms with Gasteiger partial charge in [-0.3, -0.25) is 4.98 Å². The molecule has 19 heavy (non-hydrogen) atoms. The average molecular weight is 261 g/mol. The van der Waals surface area contributed by atoms with Gasteiger partial charge in [0.1, 0.15) is 5.82 Å². The lowest BCUT2D eigenvalue weighted by Gasteiger charge is -2.42. The fraction of sp³-hybridized carbons (Fsp3) is 0.600. The molecule has 1 aromatic heterocycles. The van der Waals surface area contributed by atoms with Crippen molar-refractivity contribution in [2.45, 2.75) is 33.1 Å². The van der Waals surface area contributed by atoms with E-state index in [2.05, 4.69) is 21.4 Å². The first kappa shape index (κ1) is 14.0. The van der Waals surface area contributed by atoms with Crippen molar-refractivity contribution >= 4 is 5.82 Å². The Kier molecular flexibility index (Phi) is 4.20. The minimum atomic E-state index is -0.0716. The second-order valence-electron chi connectivity index (χ2n) is 5.60. The quantitative estimate of drug-likeness (QED) is 0.845. The number of aliphatic hydroxyl groups excluding tert-OH is 1. The lowest BCUT2D eigenvalue weighted by atomic mass is 9.78. The van der Waals surface area contributed by atoms with Crippen molar-refractivity contribution in [3.63, 3.8) is 0 Å². The molecule has 4 heteroatoms. The highest BCUT2D eigenvalue weighted by molar-refractivity contribution is 5.44. The zero-order chi connectivity index (χ0) is 13.9. The minimum Gasteiger partial charge on any atom is -0.396 e. The summed E-state index contributed by atoms with van der Waals surface area (Å²) in [6.45, 7) is 9.79. The van der Waals surface area contributed by atoms with Crippen LogP contribution in [0.3, 0.4) is 0 Å². The highest BCUT2D eigenvalue weighted by Gasteiger charge is 2.34. The molecular formula is C15H23N3O. The van der Waals surface area contributed by atoms with Gasteiger partial charge in [-0.1, -0.05) is 6.08 Å². The van der Waals surface area contributed by atoms with E-state index in [-0.39, 0.29) is 12.0 Å². The predicted octanol–water partition coefficient (Wildman–Crippen LogP) is 2.25. The smallest absolute Gasteiger partial charge is 0.150 e. The molecular weight excluding hydrogens is 238 g/mol. The first-order valence-electron chi connectivity index (χ1n) is 6.87. The van der Waals surface area contributed by atoms with E-state index in [1.165, 1.54) is 0 Å². The van der Waals surface area contributed by atoms with Gasteiger partial charge in [0.2, 0.25) is 0 Å². The molecule has 1 aliphatic rings. The number of allylic oxidation sites excluding steroid dienone is 1. The normalized spacial score (nSPS) is 23.4. The van der Waals surface area contributed by atoms with Gasteiger partial charge in [-0.15, -0.1) is 6.58 Å². The summed E-state index contributed by atoms with van der Waals surface area (Å²) in [5, 5.41) is 9.75. The van der Waals surface area contributed by atoms with Gasteiger partial charge in [0.05, 0.1) is 18.0 Å². The maximum absolute atomic E-state index is 9.75. The molecule has 0 amide bonds. The third kappa shape index (κ3) is 2.95. The number of aromatic nitrogens is 2. The van der Waals surface area contributed by atoms with Crippen LogP contribution < -0.4 is 4.90 Å². The number of hydrogen-bond donors (Lipinski definition) is 1. The lowest BCUT2D eigenvalue weighted by Crippen LogP contribution is -2.46. The minimum absolute atomic E-state index is 0.0716. The van der Waals surface area contributed by atoms with Crippen molar-refractivity contribution < 1.29 is 5.11 Å². The fourth-order valence-electron chi connectivity index (χ4n) is 2.88. The summed E-state index contributed by atoms with van der Waals surface area (Å²) in [5.74, 6) is 0.960. The third-order valence-electron chi connectivity index (χ3n) is 3.92. The topological polar surface area (TPSA) is 49.2 Å². The summed E-state index contributed by atoms with van der Waals surface area (Å²) in [6, 6.07) is 0. The molecule has 1 atom stereocenters. The van der Waals surface area contributed by atoms with Crippen LogP contribution in [0.15, 0.2) is 18.9 Å². The molecule has 1 N–H and O–H groups in total. The fourth-order valence-corrected chi connectivity index (χ4v) is 2.88. The van der Waals surface area contributed by atoms with Crippen molar-refractivity contribution in [2.24, 2.45) is 5.41 Å². The molecule has 0 spiro atoms. The largest absolute Gasteiger partial charge is 0.396 e. The Labute approximate surface area is 115 Å². The van der Waals surface area contributed by atoms with Gasteiger partial charge in [-0.2, -0.15) is 0 Å². The molecule has 104 valence electrons. The van der Waals surface area contributed by atoms with Gasteiger partial charge in [0.25, 0.3) is 0 Å². The molecule has 0 bridgehead atoms. The van der Waals surface area contributed by atoms with E-state index in [1.54, 1.807) is 6.20 Å². The molecule has 1 aromatic rings. The summed E-state index contributed by atoms with van der Waals surface area (Å²) < 4.78 is 0. The Morgan fingerprint density at radius 3 is 3.00 bits per heavy atom. The van der Waals surface area contributed by atoms with E-state index in [4.69, 9.17) is 0 Å². The molecule has 1 saturated heterocycles. The molecule has 1 aliphatic heterocycles. The van der Waals surface area contributed by atoms with Crippen LogP contribution in [0.2, 0.25) is 0 Å². The van der Waals surface area contributed by atoms with Crippen molar-refractivity contribution in [1.82, 2.24) is 9.97 Å². The van der Waals surface area contributed by atoms with E-state index in [1.807, 2.05) is 19.9 Å². The van der Waals surface area contributed by atoms with Gasteiger partial charge in [0, 0.05) is 24.7 Å². The van der Waals surface area contributed by atoms with E-state index in [0.717, 1.165) is 49.6 Å². The summed E-state index contributed by atoms with van der Waals surface area (Å²) in [4.78, 5) is 11.3. The van der Waals surface area contributed by atoms with E-state index < -0.39 is 0 Å². The molecule has 0 radical (unpaired) electrons. The van der Waals surface area contributed by atoms with Crippen LogP contribution >= 0.6 is 0 Å². The van der Waals surface area contributed by atoms with Crippen molar-refractivity contribution in [3.05, 3.63) is 30.2 Å². The summed E-state index contributed by atoms with van der Waals surface area (Å²) in [5.41, 5.74) is 1.82. The van der Waals surface area contributed by atoms with Crippen LogP contribution in [0, 0.1) is 19.3 Å². The molecule has 2 heterocycles. The molecule has 4 nitrogen and oxygen atoms in total. The predicted molar refractivity (Wildman–Crippen MR) is 77.3 cm³/mol. The number of hydrogen-bond acceptors (Lipinski definition) is 4. The van der Waals surface area contributed by atoms with Crippen LogP contribution in [-0.4, -0.2) is 34.8 Å². The highest BCUT2D eigenvalue weighted by Crippen LogP contribution is 2.35. The van der Waals surface area contributed by atoms with Crippen LogP contribution in [0.5, 0.6) is 0 Å². The standard InChI is InChI=1S/C15H23N3O/c1-4-6-15(11-19)7-5-8-18(10-15)14-13(3)16-9-12(2)17-14/h4,9,19H,1,5-8,10-11H2,2-3H3/t15-/m0/s1. The lowest BCUT2D eigenvalue weighted by molar-refractivity contribution is 0.108. The maximum Gasteiger partial charge on any atom is 0.150 e. The highest BCUT2D eigenvalue weighted by atomic mass is 16.3. The second kappa shape index (κ2) is 5.70. The van der Waals surface area contributed by atoms with E-state index >= 15 is 0 Å². The van der Waals surface area contributed by atoms with Crippen molar-refractivity contribution in [1.29, 1.82) is 0 Å². The van der Waals surface area contributed by atoms with E-state index in [9.17, 15) is 5.11 Å². The van der Waals surface area contributed by atoms with Crippen molar-refractivity contribution in [3.8, 4) is 0 Å². The Morgan fingerprint density at radius 1 is 1.53 bits per heavy atom. The van der Waals surface area contributed by atoms with Crippen LogP contribution in [0.1, 0.15) is 30.7 Å². The van der Waals surface area contributed by atoms with Gasteiger partial charge >= 0.3 is 0 Å². The Balaban J connectivity index is 2.25. The molecule has 1 fully saturated rings. The molecule has 2 rings (SSSR count). The number of nitrogens with zero attached hydrogens (tertiary/aromatic N) is 3. The Hall–Kier alpha value is -1.42. The number of anilines is 1. The van der Waals surface area contributed by atoms with Gasteiger partial charge in [-0.25, -0.2) is 4.98 Å². The summed E-state index contributed by atoms with van der Waals surface area (Å²) in [7, 11) is 0. The summed E-state index contributed by atoms with van der Waals surface area (Å²) in [6.07, 6.45) is 6.67. The molecule has 0 saturated carbocycles. The van der Waals surface area contributed by atoms with Crippen molar-refractivity contribution in [2.75, 3.05) is 24.6 Å². The van der Waals surface area contributed by atoms with Crippen LogP contribution in [-0.2, 0) is 0 Å². The number of piperidine rings is 1. The third-order valence-corrected chi connectivity index (χ3v) is 3.92. The van der Waals surface area contributed by atoms with Crippen LogP contribution in [0.4, 0.5) is 5.82 Å². The first-order chi connectivity index (χ1) is 9.10. The SMILES string of the molecule is C=CC[C@]1(CO)CCCN(c2nc(C)cnc2C)C1. The number of rotatable bonds is 4. The molecule has 0 aromatic carbocycles. The molecule has 0 unspecified atom stereocenters. The Bertz CT molecular complexity index is 461.